The van der Waals surface area contributed by atoms with Gasteiger partial charge in [-0.25, -0.2) is 0 Å². The number of hydrogen-bond acceptors (Lipinski definition) is 4. The summed E-state index contributed by atoms with van der Waals surface area (Å²) in [4.78, 5) is 24.6. The zero-order valence-corrected chi connectivity index (χ0v) is 16.9. The van der Waals surface area contributed by atoms with Crippen molar-refractivity contribution in [1.82, 2.24) is 5.32 Å². The molecule has 1 aliphatic heterocycles. The van der Waals surface area contributed by atoms with E-state index in [1.165, 1.54) is 6.07 Å². The van der Waals surface area contributed by atoms with Crippen LogP contribution in [-0.2, 0) is 25.9 Å². The molecule has 1 fully saturated rings. The van der Waals surface area contributed by atoms with Crippen LogP contribution >= 0.6 is 0 Å². The average Bonchev–Trinajstić information content (AvgIpc) is 2.77. The number of methoxy groups -OCH3 is 1. The molecule has 2 N–H and O–H groups in total. The van der Waals surface area contributed by atoms with E-state index in [9.17, 15) is 22.8 Å². The summed E-state index contributed by atoms with van der Waals surface area (Å²) in [5.74, 6) is -1.30. The molecule has 3 rings (SSSR count). The molecule has 2 amide bonds. The van der Waals surface area contributed by atoms with Crippen molar-refractivity contribution in [2.24, 2.45) is 0 Å². The highest BCUT2D eigenvalue weighted by atomic mass is 19.4. The van der Waals surface area contributed by atoms with Crippen molar-refractivity contribution in [2.45, 2.75) is 24.4 Å². The van der Waals surface area contributed by atoms with Crippen LogP contribution < -0.4 is 15.4 Å². The largest absolute Gasteiger partial charge is 0.496 e. The third kappa shape index (κ3) is 5.35. The molecule has 9 heteroatoms. The summed E-state index contributed by atoms with van der Waals surface area (Å²) in [6, 6.07) is 11.6. The average molecular weight is 436 g/mol. The third-order valence-corrected chi connectivity index (χ3v) is 5.37. The second-order valence-electron chi connectivity index (χ2n) is 7.31. The van der Waals surface area contributed by atoms with Crippen molar-refractivity contribution >= 4 is 17.5 Å². The van der Waals surface area contributed by atoms with Crippen LogP contribution in [0.2, 0.25) is 0 Å². The van der Waals surface area contributed by atoms with E-state index < -0.39 is 29.0 Å². The fourth-order valence-corrected chi connectivity index (χ4v) is 3.68. The maximum absolute atomic E-state index is 12.8. The van der Waals surface area contributed by atoms with E-state index in [1.54, 1.807) is 7.11 Å². The summed E-state index contributed by atoms with van der Waals surface area (Å²) < 4.78 is 49.5. The lowest BCUT2D eigenvalue weighted by Crippen LogP contribution is -2.47. The summed E-state index contributed by atoms with van der Waals surface area (Å²) in [6.07, 6.45) is -3.32. The Morgan fingerprint density at radius 2 is 1.77 bits per heavy atom. The van der Waals surface area contributed by atoms with Gasteiger partial charge < -0.3 is 20.1 Å². The van der Waals surface area contributed by atoms with Gasteiger partial charge in [-0.15, -0.1) is 0 Å². The first kappa shape index (κ1) is 22.6. The van der Waals surface area contributed by atoms with Gasteiger partial charge in [-0.3, -0.25) is 9.59 Å². The molecule has 0 saturated carbocycles. The molecule has 1 heterocycles. The Morgan fingerprint density at radius 1 is 1.06 bits per heavy atom. The standard InChI is InChI=1S/C22H23F3N2O4/c1-30-18-8-3-2-7-17(18)21(9-11-31-12-10-21)14-26-19(28)20(29)27-16-6-4-5-15(13-16)22(23,24)25/h2-8,13H,9-12,14H2,1H3,(H,26,28)(H,27,29). The van der Waals surface area contributed by atoms with E-state index in [0.717, 1.165) is 23.8 Å². The van der Waals surface area contributed by atoms with Gasteiger partial charge in [0.1, 0.15) is 5.75 Å². The zero-order chi connectivity index (χ0) is 22.5. The van der Waals surface area contributed by atoms with Crippen LogP contribution in [0.25, 0.3) is 0 Å². The molecule has 0 aliphatic carbocycles. The highest BCUT2D eigenvalue weighted by Gasteiger charge is 2.37. The van der Waals surface area contributed by atoms with Gasteiger partial charge in [-0.1, -0.05) is 24.3 Å². The quantitative estimate of drug-likeness (QED) is 0.704. The lowest BCUT2D eigenvalue weighted by Gasteiger charge is -2.38. The van der Waals surface area contributed by atoms with Crippen LogP contribution in [0.4, 0.5) is 18.9 Å². The molecule has 0 aromatic heterocycles. The van der Waals surface area contributed by atoms with E-state index >= 15 is 0 Å². The number of ether oxygens (including phenoxy) is 2. The SMILES string of the molecule is COc1ccccc1C1(CNC(=O)C(=O)Nc2cccc(C(F)(F)F)c2)CCOCC1. The smallest absolute Gasteiger partial charge is 0.416 e. The Kier molecular flexibility index (Phi) is 6.84. The van der Waals surface area contributed by atoms with Crippen LogP contribution in [0.5, 0.6) is 5.75 Å². The van der Waals surface area contributed by atoms with Crippen molar-refractivity contribution in [3.05, 3.63) is 59.7 Å². The second-order valence-corrected chi connectivity index (χ2v) is 7.31. The summed E-state index contributed by atoms with van der Waals surface area (Å²) >= 11 is 0. The number of nitrogens with one attached hydrogen (secondary N) is 2. The Hall–Kier alpha value is -3.07. The monoisotopic (exact) mass is 436 g/mol. The first-order valence-electron chi connectivity index (χ1n) is 9.73. The molecular formula is C22H23F3N2O4. The predicted molar refractivity (Wildman–Crippen MR) is 108 cm³/mol. The number of halogens is 3. The van der Waals surface area contributed by atoms with Gasteiger partial charge in [0.05, 0.1) is 12.7 Å². The molecule has 6 nitrogen and oxygen atoms in total. The van der Waals surface area contributed by atoms with Gasteiger partial charge in [0.25, 0.3) is 0 Å². The van der Waals surface area contributed by atoms with E-state index in [0.29, 0.717) is 31.8 Å². The van der Waals surface area contributed by atoms with Crippen LogP contribution in [0.15, 0.2) is 48.5 Å². The molecule has 2 aromatic carbocycles. The lowest BCUT2D eigenvalue weighted by atomic mass is 9.73. The molecular weight excluding hydrogens is 413 g/mol. The van der Waals surface area contributed by atoms with E-state index in [4.69, 9.17) is 9.47 Å². The fraction of sp³-hybridized carbons (Fsp3) is 0.364. The molecule has 2 aromatic rings. The van der Waals surface area contributed by atoms with Gasteiger partial charge in [0, 0.05) is 36.4 Å². The van der Waals surface area contributed by atoms with Gasteiger partial charge >= 0.3 is 18.0 Å². The molecule has 0 atom stereocenters. The van der Waals surface area contributed by atoms with E-state index in [-0.39, 0.29) is 12.2 Å². The number of alkyl halides is 3. The topological polar surface area (TPSA) is 76.7 Å². The molecule has 0 unspecified atom stereocenters. The highest BCUT2D eigenvalue weighted by Crippen LogP contribution is 2.39. The summed E-state index contributed by atoms with van der Waals surface area (Å²) in [7, 11) is 1.56. The number of para-hydroxylation sites is 1. The third-order valence-electron chi connectivity index (χ3n) is 5.37. The molecule has 0 spiro atoms. The van der Waals surface area contributed by atoms with Gasteiger partial charge in [-0.05, 0) is 37.1 Å². The minimum Gasteiger partial charge on any atom is -0.496 e. The minimum absolute atomic E-state index is 0.111. The Labute approximate surface area is 177 Å². The summed E-state index contributed by atoms with van der Waals surface area (Å²) in [5, 5.41) is 4.84. The number of hydrogen-bond donors (Lipinski definition) is 2. The fourth-order valence-electron chi connectivity index (χ4n) is 3.68. The van der Waals surface area contributed by atoms with Crippen LogP contribution in [-0.4, -0.2) is 38.7 Å². The van der Waals surface area contributed by atoms with E-state index in [1.807, 2.05) is 24.3 Å². The van der Waals surface area contributed by atoms with Crippen molar-refractivity contribution in [3.8, 4) is 5.75 Å². The van der Waals surface area contributed by atoms with Crippen molar-refractivity contribution in [3.63, 3.8) is 0 Å². The first-order valence-corrected chi connectivity index (χ1v) is 9.73. The number of rotatable bonds is 5. The number of amides is 2. The molecule has 0 radical (unpaired) electrons. The van der Waals surface area contributed by atoms with Crippen LogP contribution in [0.3, 0.4) is 0 Å². The zero-order valence-electron chi connectivity index (χ0n) is 16.9. The molecule has 1 aliphatic rings. The van der Waals surface area contributed by atoms with Crippen LogP contribution in [0.1, 0.15) is 24.0 Å². The minimum atomic E-state index is -4.55. The maximum Gasteiger partial charge on any atom is 0.416 e. The van der Waals surface area contributed by atoms with Crippen LogP contribution in [0, 0.1) is 0 Å². The number of benzene rings is 2. The van der Waals surface area contributed by atoms with Crippen molar-refractivity contribution < 1.29 is 32.2 Å². The normalized spacial score (nSPS) is 15.7. The predicted octanol–water partition coefficient (Wildman–Crippen LogP) is 3.52. The lowest BCUT2D eigenvalue weighted by molar-refractivity contribution is -0.137. The summed E-state index contributed by atoms with van der Waals surface area (Å²) in [5.41, 5.74) is -0.611. The van der Waals surface area contributed by atoms with Gasteiger partial charge in [-0.2, -0.15) is 13.2 Å². The Morgan fingerprint density at radius 3 is 2.45 bits per heavy atom. The molecule has 1 saturated heterocycles. The molecule has 166 valence electrons. The number of carbonyl (C=O) groups excluding carboxylic acids is 2. The maximum atomic E-state index is 12.8. The summed E-state index contributed by atoms with van der Waals surface area (Å²) in [6.45, 7) is 1.14. The van der Waals surface area contributed by atoms with Gasteiger partial charge in [0.15, 0.2) is 0 Å². The number of anilines is 1. The van der Waals surface area contributed by atoms with Crippen molar-refractivity contribution in [2.75, 3.05) is 32.2 Å². The highest BCUT2D eigenvalue weighted by molar-refractivity contribution is 6.39. The number of carbonyl (C=O) groups is 2. The van der Waals surface area contributed by atoms with Gasteiger partial charge in [0.2, 0.25) is 0 Å². The molecule has 0 bridgehead atoms. The molecule has 31 heavy (non-hydrogen) atoms. The second kappa shape index (κ2) is 9.38. The van der Waals surface area contributed by atoms with Crippen molar-refractivity contribution in [1.29, 1.82) is 0 Å². The van der Waals surface area contributed by atoms with E-state index in [2.05, 4.69) is 10.6 Å². The Balaban J connectivity index is 1.71. The first-order chi connectivity index (χ1) is 14.7. The Bertz CT molecular complexity index is 940.